The summed E-state index contributed by atoms with van der Waals surface area (Å²) in [6.45, 7) is 3.17. The number of fused-ring (bicyclic) bond motifs is 1. The summed E-state index contributed by atoms with van der Waals surface area (Å²) in [5.74, 6) is -0.175. The second-order valence-corrected chi connectivity index (χ2v) is 7.57. The van der Waals surface area contributed by atoms with E-state index in [9.17, 15) is 9.90 Å². The molecule has 152 valence electrons. The summed E-state index contributed by atoms with van der Waals surface area (Å²) in [5, 5.41) is 21.8. The summed E-state index contributed by atoms with van der Waals surface area (Å²) < 4.78 is 1.82. The molecule has 29 heavy (non-hydrogen) atoms. The fraction of sp³-hybridized carbons (Fsp3) is 0.409. The van der Waals surface area contributed by atoms with Crippen molar-refractivity contribution in [3.63, 3.8) is 0 Å². The van der Waals surface area contributed by atoms with Gasteiger partial charge >= 0.3 is 0 Å². The molecule has 1 saturated carbocycles. The number of aliphatic hydroxyl groups excluding tert-OH is 1. The van der Waals surface area contributed by atoms with Gasteiger partial charge in [0.15, 0.2) is 5.65 Å². The molecule has 0 radical (unpaired) electrons. The largest absolute Gasteiger partial charge is 0.393 e. The number of amides is 1. The number of rotatable bonds is 6. The lowest BCUT2D eigenvalue weighted by atomic mass is 9.92. The average Bonchev–Trinajstić information content (AvgIpc) is 3.17. The van der Waals surface area contributed by atoms with Gasteiger partial charge in [0.1, 0.15) is 0 Å². The normalized spacial score (nSPS) is 19.2. The van der Waals surface area contributed by atoms with Gasteiger partial charge in [-0.05, 0) is 38.2 Å². The Hall–Kier alpha value is -2.93. The average molecular weight is 393 g/mol. The molecule has 2 heterocycles. The molecular weight excluding hydrogens is 366 g/mol. The Morgan fingerprint density at radius 2 is 2.07 bits per heavy atom. The lowest BCUT2D eigenvalue weighted by Gasteiger charge is -2.28. The van der Waals surface area contributed by atoms with E-state index in [0.717, 1.165) is 41.5 Å². The van der Waals surface area contributed by atoms with E-state index in [0.29, 0.717) is 25.1 Å². The van der Waals surface area contributed by atoms with Crippen molar-refractivity contribution in [3.8, 4) is 0 Å². The van der Waals surface area contributed by atoms with Gasteiger partial charge in [-0.15, -0.1) is 0 Å². The van der Waals surface area contributed by atoms with Crippen LogP contribution in [0.2, 0.25) is 0 Å². The maximum atomic E-state index is 13.0. The highest BCUT2D eigenvalue weighted by atomic mass is 16.3. The summed E-state index contributed by atoms with van der Waals surface area (Å²) in [5.41, 5.74) is 3.05. The number of aromatic nitrogens is 3. The van der Waals surface area contributed by atoms with Crippen LogP contribution >= 0.6 is 0 Å². The number of nitrogens with zero attached hydrogens (tertiary/aromatic N) is 3. The van der Waals surface area contributed by atoms with Crippen molar-refractivity contribution in [3.05, 3.63) is 53.9 Å². The number of carbonyl (C=O) groups excluding carboxylic acids is 1. The Bertz CT molecular complexity index is 986. The Labute approximate surface area is 170 Å². The van der Waals surface area contributed by atoms with E-state index < -0.39 is 0 Å². The Kier molecular flexibility index (Phi) is 5.76. The van der Waals surface area contributed by atoms with Crippen LogP contribution in [0.15, 0.2) is 42.7 Å². The minimum atomic E-state index is -0.299. The van der Waals surface area contributed by atoms with Crippen LogP contribution < -0.4 is 10.6 Å². The summed E-state index contributed by atoms with van der Waals surface area (Å²) in [7, 11) is 0. The Morgan fingerprint density at radius 1 is 1.24 bits per heavy atom. The molecule has 0 spiro atoms. The summed E-state index contributed by atoms with van der Waals surface area (Å²) in [6, 6.07) is 9.95. The third kappa shape index (κ3) is 4.24. The quantitative estimate of drug-likeness (QED) is 0.599. The molecule has 0 bridgehead atoms. The highest BCUT2D eigenvalue weighted by Crippen LogP contribution is 2.30. The minimum absolute atomic E-state index is 0.120. The van der Waals surface area contributed by atoms with Gasteiger partial charge in [0.2, 0.25) is 0 Å². The SMILES string of the molecule is CCn1ncc2c(NC3CCCC(O)C3)c(C(=O)NCc3ccccc3)cnc21. The molecule has 1 aliphatic carbocycles. The number of aliphatic hydroxyl groups is 1. The molecule has 3 aromatic rings. The molecule has 0 saturated heterocycles. The summed E-state index contributed by atoms with van der Waals surface area (Å²) >= 11 is 0. The van der Waals surface area contributed by atoms with Gasteiger partial charge in [-0.1, -0.05) is 30.3 Å². The molecular formula is C22H27N5O2. The van der Waals surface area contributed by atoms with E-state index in [4.69, 9.17) is 0 Å². The second-order valence-electron chi connectivity index (χ2n) is 7.57. The van der Waals surface area contributed by atoms with Gasteiger partial charge < -0.3 is 15.7 Å². The number of pyridine rings is 1. The van der Waals surface area contributed by atoms with E-state index >= 15 is 0 Å². The van der Waals surface area contributed by atoms with Crippen molar-refractivity contribution in [2.75, 3.05) is 5.32 Å². The van der Waals surface area contributed by atoms with E-state index in [1.165, 1.54) is 0 Å². The number of anilines is 1. The predicted molar refractivity (Wildman–Crippen MR) is 113 cm³/mol. The molecule has 2 unspecified atom stereocenters. The Morgan fingerprint density at radius 3 is 2.83 bits per heavy atom. The molecule has 2 aromatic heterocycles. The van der Waals surface area contributed by atoms with Crippen LogP contribution in [0.4, 0.5) is 5.69 Å². The van der Waals surface area contributed by atoms with Gasteiger partial charge in [-0.2, -0.15) is 5.10 Å². The summed E-state index contributed by atoms with van der Waals surface area (Å²) in [6.07, 6.45) is 6.54. The van der Waals surface area contributed by atoms with Gasteiger partial charge in [-0.3, -0.25) is 4.79 Å². The lowest BCUT2D eigenvalue weighted by Crippen LogP contribution is -2.31. The molecule has 4 rings (SSSR count). The first kappa shape index (κ1) is 19.4. The Balaban J connectivity index is 1.63. The van der Waals surface area contributed by atoms with Crippen molar-refractivity contribution >= 4 is 22.6 Å². The van der Waals surface area contributed by atoms with Crippen molar-refractivity contribution in [2.45, 2.75) is 57.8 Å². The number of benzene rings is 1. The standard InChI is InChI=1S/C22H27N5O2/c1-2-27-21-18(14-25-27)20(26-16-9-6-10-17(28)11-16)19(13-23-21)22(29)24-12-15-7-4-3-5-8-15/h3-5,7-8,13-14,16-17,28H,2,6,9-12H2,1H3,(H,23,26)(H,24,29). The lowest BCUT2D eigenvalue weighted by molar-refractivity contribution is 0.0951. The number of aryl methyl sites for hydroxylation is 1. The minimum Gasteiger partial charge on any atom is -0.393 e. The third-order valence-corrected chi connectivity index (χ3v) is 5.50. The van der Waals surface area contributed by atoms with Crippen LogP contribution in [0.1, 0.15) is 48.5 Å². The number of hydrogen-bond acceptors (Lipinski definition) is 5. The van der Waals surface area contributed by atoms with Crippen molar-refractivity contribution < 1.29 is 9.90 Å². The van der Waals surface area contributed by atoms with E-state index in [2.05, 4.69) is 20.7 Å². The molecule has 3 N–H and O–H groups in total. The van der Waals surface area contributed by atoms with Crippen LogP contribution in [0, 0.1) is 0 Å². The highest BCUT2D eigenvalue weighted by Gasteiger charge is 2.24. The third-order valence-electron chi connectivity index (χ3n) is 5.50. The molecule has 7 heteroatoms. The highest BCUT2D eigenvalue weighted by molar-refractivity contribution is 6.06. The van der Waals surface area contributed by atoms with E-state index in [1.54, 1.807) is 12.4 Å². The number of nitrogens with one attached hydrogen (secondary N) is 2. The molecule has 2 atom stereocenters. The zero-order chi connectivity index (χ0) is 20.2. The summed E-state index contributed by atoms with van der Waals surface area (Å²) in [4.78, 5) is 17.5. The molecule has 0 aliphatic heterocycles. The van der Waals surface area contributed by atoms with Gasteiger partial charge in [0, 0.05) is 25.3 Å². The van der Waals surface area contributed by atoms with E-state index in [1.807, 2.05) is 41.9 Å². The van der Waals surface area contributed by atoms with E-state index in [-0.39, 0.29) is 18.1 Å². The topological polar surface area (TPSA) is 92.1 Å². The van der Waals surface area contributed by atoms with Crippen molar-refractivity contribution in [2.24, 2.45) is 0 Å². The molecule has 1 aliphatic rings. The first-order valence-electron chi connectivity index (χ1n) is 10.3. The van der Waals surface area contributed by atoms with Crippen LogP contribution in [0.5, 0.6) is 0 Å². The molecule has 7 nitrogen and oxygen atoms in total. The van der Waals surface area contributed by atoms with Gasteiger partial charge in [-0.25, -0.2) is 9.67 Å². The van der Waals surface area contributed by atoms with Crippen LogP contribution in [-0.2, 0) is 13.1 Å². The zero-order valence-electron chi connectivity index (χ0n) is 16.6. The smallest absolute Gasteiger partial charge is 0.255 e. The second kappa shape index (κ2) is 8.61. The molecule has 1 amide bonds. The van der Waals surface area contributed by atoms with Crippen molar-refractivity contribution in [1.82, 2.24) is 20.1 Å². The van der Waals surface area contributed by atoms with Gasteiger partial charge in [0.05, 0.1) is 28.9 Å². The molecule has 1 fully saturated rings. The van der Waals surface area contributed by atoms with Crippen molar-refractivity contribution in [1.29, 1.82) is 0 Å². The van der Waals surface area contributed by atoms with Gasteiger partial charge in [0.25, 0.3) is 5.91 Å². The predicted octanol–water partition coefficient (Wildman–Crippen LogP) is 3.10. The zero-order valence-corrected chi connectivity index (χ0v) is 16.6. The van der Waals surface area contributed by atoms with Crippen LogP contribution in [0.3, 0.4) is 0 Å². The first-order valence-corrected chi connectivity index (χ1v) is 10.3. The van der Waals surface area contributed by atoms with Crippen LogP contribution in [-0.4, -0.2) is 37.9 Å². The fourth-order valence-electron chi connectivity index (χ4n) is 3.96. The van der Waals surface area contributed by atoms with Crippen LogP contribution in [0.25, 0.3) is 11.0 Å². The maximum absolute atomic E-state index is 13.0. The molecule has 1 aromatic carbocycles. The first-order chi connectivity index (χ1) is 14.2. The fourth-order valence-corrected chi connectivity index (χ4v) is 3.96. The number of hydrogen-bond donors (Lipinski definition) is 3. The monoisotopic (exact) mass is 393 g/mol. The number of carbonyl (C=O) groups is 1. The maximum Gasteiger partial charge on any atom is 0.255 e.